The Morgan fingerprint density at radius 3 is 2.38 bits per heavy atom. The third-order valence-electron chi connectivity index (χ3n) is 2.99. The maximum Gasteiger partial charge on any atom is 0.320 e. The summed E-state index contributed by atoms with van der Waals surface area (Å²) in [5.41, 5.74) is 6.89. The number of carboxylic acid groups (broad SMARTS) is 1. The molecule has 3 N–H and O–H groups in total. The van der Waals surface area contributed by atoms with Crippen LogP contribution in [0.25, 0.3) is 0 Å². The van der Waals surface area contributed by atoms with Crippen LogP contribution in [0.1, 0.15) is 24.0 Å². The van der Waals surface area contributed by atoms with E-state index in [0.717, 1.165) is 11.1 Å². The molecular weight excluding hydrogens is 344 g/mol. The molecule has 0 saturated heterocycles. The number of rotatable bonds is 10. The molecule has 1 aromatic carbocycles. The van der Waals surface area contributed by atoms with Gasteiger partial charge in [0.1, 0.15) is 19.3 Å². The van der Waals surface area contributed by atoms with Gasteiger partial charge in [-0.25, -0.2) is 0 Å². The van der Waals surface area contributed by atoms with Crippen molar-refractivity contribution in [2.45, 2.75) is 31.9 Å². The fourth-order valence-electron chi connectivity index (χ4n) is 1.67. The smallest absolute Gasteiger partial charge is 0.320 e. The molecular formula is C14H19ClN2O7. The molecule has 1 aromatic rings. The van der Waals surface area contributed by atoms with E-state index >= 15 is 0 Å². The number of ether oxygens (including phenoxy) is 1. The number of carboxylic acids is 1. The number of carbonyl (C=O) groups excluding carboxylic acids is 1. The molecule has 0 unspecified atom stereocenters. The largest absolute Gasteiger partial charge is 0.480 e. The molecule has 1 rings (SSSR count). The average molecular weight is 363 g/mol. The van der Waals surface area contributed by atoms with Crippen LogP contribution in [0.5, 0.6) is 0 Å². The number of esters is 1. The standard InChI is InChI=1S/C14H18N2O7.ClH/c15-12(14(18)19)5-6-13(17)22-9-11-3-1-10(2-4-11)7-8-23-16(20)21;/h1-4,12H,5-9,15H2,(H,18,19);1H/t12-;/m0./s1. The summed E-state index contributed by atoms with van der Waals surface area (Å²) in [6, 6.07) is 5.90. The summed E-state index contributed by atoms with van der Waals surface area (Å²) in [6.45, 7) is 0.0397. The molecule has 9 nitrogen and oxygen atoms in total. The van der Waals surface area contributed by atoms with Gasteiger partial charge in [-0.3, -0.25) is 9.59 Å². The van der Waals surface area contributed by atoms with Gasteiger partial charge in [0.25, 0.3) is 5.09 Å². The number of nitrogens with two attached hydrogens (primary N) is 1. The summed E-state index contributed by atoms with van der Waals surface area (Å²) < 4.78 is 5.01. The van der Waals surface area contributed by atoms with Gasteiger partial charge >= 0.3 is 11.9 Å². The van der Waals surface area contributed by atoms with Crippen molar-refractivity contribution < 1.29 is 29.4 Å². The number of halogens is 1. The highest BCUT2D eigenvalue weighted by Crippen LogP contribution is 2.08. The monoisotopic (exact) mass is 362 g/mol. The summed E-state index contributed by atoms with van der Waals surface area (Å²) in [5, 5.41) is 17.8. The van der Waals surface area contributed by atoms with Crippen molar-refractivity contribution >= 4 is 24.3 Å². The second kappa shape index (κ2) is 11.2. The van der Waals surface area contributed by atoms with E-state index in [1.165, 1.54) is 0 Å². The Morgan fingerprint density at radius 1 is 1.25 bits per heavy atom. The highest BCUT2D eigenvalue weighted by Gasteiger charge is 2.14. The first-order chi connectivity index (χ1) is 10.9. The molecule has 0 aromatic heterocycles. The van der Waals surface area contributed by atoms with Gasteiger partial charge in [0, 0.05) is 6.42 Å². The maximum absolute atomic E-state index is 11.5. The topological polar surface area (TPSA) is 142 Å². The highest BCUT2D eigenvalue weighted by molar-refractivity contribution is 5.85. The maximum atomic E-state index is 11.5. The van der Waals surface area contributed by atoms with Gasteiger partial charge in [-0.05, 0) is 24.0 Å². The lowest BCUT2D eigenvalue weighted by Gasteiger charge is -2.08. The minimum Gasteiger partial charge on any atom is -0.480 e. The Labute approximate surface area is 144 Å². The molecule has 134 valence electrons. The highest BCUT2D eigenvalue weighted by atomic mass is 35.5. The first kappa shape index (κ1) is 21.6. The number of hydrogen-bond donors (Lipinski definition) is 2. The zero-order valence-electron chi connectivity index (χ0n) is 12.8. The molecule has 0 radical (unpaired) electrons. The minimum atomic E-state index is -1.16. The molecule has 0 saturated carbocycles. The van der Waals surface area contributed by atoms with Crippen LogP contribution in [0.15, 0.2) is 24.3 Å². The van der Waals surface area contributed by atoms with E-state index in [4.69, 9.17) is 15.6 Å². The molecule has 10 heteroatoms. The van der Waals surface area contributed by atoms with Crippen molar-refractivity contribution in [3.05, 3.63) is 45.5 Å². The summed E-state index contributed by atoms with van der Waals surface area (Å²) in [7, 11) is 0. The number of carbonyl (C=O) groups is 2. The molecule has 0 aliphatic heterocycles. The average Bonchev–Trinajstić information content (AvgIpc) is 2.51. The number of benzene rings is 1. The van der Waals surface area contributed by atoms with E-state index in [0.29, 0.717) is 6.42 Å². The summed E-state index contributed by atoms with van der Waals surface area (Å²) in [4.78, 5) is 36.2. The summed E-state index contributed by atoms with van der Waals surface area (Å²) >= 11 is 0. The molecule has 0 aliphatic rings. The third kappa shape index (κ3) is 8.91. The Kier molecular flexibility index (Phi) is 10.1. The predicted octanol–water partition coefficient (Wildman–Crippen LogP) is 1.09. The number of aliphatic carboxylic acids is 1. The molecule has 0 amide bonds. The SMILES string of the molecule is Cl.N[C@@H](CCC(=O)OCc1ccc(CCO[N+](=O)[O-])cc1)C(=O)O. The summed E-state index contributed by atoms with van der Waals surface area (Å²) in [6.07, 6.45) is 0.349. The number of nitrogens with zero attached hydrogens (tertiary/aromatic N) is 1. The van der Waals surface area contributed by atoms with Gasteiger partial charge in [0.15, 0.2) is 0 Å². The third-order valence-corrected chi connectivity index (χ3v) is 2.99. The molecule has 24 heavy (non-hydrogen) atoms. The molecule has 0 spiro atoms. The Hall–Kier alpha value is -2.39. The van der Waals surface area contributed by atoms with Crippen molar-refractivity contribution in [1.29, 1.82) is 0 Å². The quantitative estimate of drug-likeness (QED) is 0.358. The van der Waals surface area contributed by atoms with Gasteiger partial charge in [-0.2, -0.15) is 0 Å². The van der Waals surface area contributed by atoms with Gasteiger partial charge < -0.3 is 20.4 Å². The number of hydrogen-bond acceptors (Lipinski definition) is 7. The second-order valence-electron chi connectivity index (χ2n) is 4.77. The lowest BCUT2D eigenvalue weighted by molar-refractivity contribution is -0.757. The Bertz CT molecular complexity index is 551. The fraction of sp³-hybridized carbons (Fsp3) is 0.429. The molecule has 0 fully saturated rings. The van der Waals surface area contributed by atoms with Crippen LogP contribution in [0.4, 0.5) is 0 Å². The summed E-state index contributed by atoms with van der Waals surface area (Å²) in [5.74, 6) is -1.68. The van der Waals surface area contributed by atoms with Crippen molar-refractivity contribution in [2.75, 3.05) is 6.61 Å². The second-order valence-corrected chi connectivity index (χ2v) is 4.77. The van der Waals surface area contributed by atoms with E-state index in [1.54, 1.807) is 24.3 Å². The first-order valence-corrected chi connectivity index (χ1v) is 6.87. The van der Waals surface area contributed by atoms with Gasteiger partial charge in [0.05, 0.1) is 0 Å². The lowest BCUT2D eigenvalue weighted by Crippen LogP contribution is -2.30. The Morgan fingerprint density at radius 2 is 1.83 bits per heavy atom. The van der Waals surface area contributed by atoms with Crippen LogP contribution < -0.4 is 5.73 Å². The van der Waals surface area contributed by atoms with Crippen LogP contribution in [-0.4, -0.2) is 34.8 Å². The van der Waals surface area contributed by atoms with Crippen LogP contribution >= 0.6 is 12.4 Å². The predicted molar refractivity (Wildman–Crippen MR) is 85.0 cm³/mol. The van der Waals surface area contributed by atoms with Crippen LogP contribution in [0, 0.1) is 10.1 Å². The van der Waals surface area contributed by atoms with Crippen molar-refractivity contribution in [3.63, 3.8) is 0 Å². The van der Waals surface area contributed by atoms with Crippen molar-refractivity contribution in [1.82, 2.24) is 0 Å². The molecule has 0 aliphatic carbocycles. The Balaban J connectivity index is 0.00000529. The van der Waals surface area contributed by atoms with E-state index in [2.05, 4.69) is 4.84 Å². The van der Waals surface area contributed by atoms with E-state index in [9.17, 15) is 19.7 Å². The van der Waals surface area contributed by atoms with Gasteiger partial charge in [-0.1, -0.05) is 24.3 Å². The first-order valence-electron chi connectivity index (χ1n) is 6.87. The van der Waals surface area contributed by atoms with Crippen LogP contribution in [0.3, 0.4) is 0 Å². The van der Waals surface area contributed by atoms with Crippen LogP contribution in [-0.2, 0) is 32.2 Å². The van der Waals surface area contributed by atoms with E-state index in [1.807, 2.05) is 0 Å². The van der Waals surface area contributed by atoms with Crippen molar-refractivity contribution in [2.24, 2.45) is 5.73 Å². The zero-order valence-corrected chi connectivity index (χ0v) is 13.6. The zero-order chi connectivity index (χ0) is 17.2. The van der Waals surface area contributed by atoms with E-state index in [-0.39, 0.29) is 38.5 Å². The molecule has 1 atom stereocenters. The van der Waals surface area contributed by atoms with Gasteiger partial charge in [-0.15, -0.1) is 22.5 Å². The molecule has 0 bridgehead atoms. The van der Waals surface area contributed by atoms with Gasteiger partial charge in [0.2, 0.25) is 0 Å². The molecule has 0 heterocycles. The minimum absolute atomic E-state index is 0. The van der Waals surface area contributed by atoms with E-state index < -0.39 is 23.1 Å². The lowest BCUT2D eigenvalue weighted by atomic mass is 10.1. The van der Waals surface area contributed by atoms with Crippen molar-refractivity contribution in [3.8, 4) is 0 Å². The fourth-order valence-corrected chi connectivity index (χ4v) is 1.67. The normalized spacial score (nSPS) is 11.0. The van der Waals surface area contributed by atoms with Crippen LogP contribution in [0.2, 0.25) is 0 Å².